The first kappa shape index (κ1) is 13.4. The smallest absolute Gasteiger partial charge is 0.135 e. The summed E-state index contributed by atoms with van der Waals surface area (Å²) in [4.78, 5) is 11.4. The molecule has 1 rings (SSSR count). The number of hydrogen-bond acceptors (Lipinski definition) is 1. The fourth-order valence-electron chi connectivity index (χ4n) is 1.62. The summed E-state index contributed by atoms with van der Waals surface area (Å²) in [7, 11) is 0. The molecule has 1 aromatic carbocycles. The summed E-state index contributed by atoms with van der Waals surface area (Å²) in [6.07, 6.45) is 2.65. The Bertz CT molecular complexity index is 369. The number of ketones is 1. The van der Waals surface area contributed by atoms with E-state index in [4.69, 9.17) is 0 Å². The van der Waals surface area contributed by atoms with Crippen LogP contribution in [-0.2, 0) is 11.2 Å². The Morgan fingerprint density at radius 3 is 2.62 bits per heavy atom. The minimum absolute atomic E-state index is 0.173. The highest BCUT2D eigenvalue weighted by Gasteiger charge is 2.06. The second kappa shape index (κ2) is 6.19. The third kappa shape index (κ3) is 4.09. The summed E-state index contributed by atoms with van der Waals surface area (Å²) in [5.74, 6) is 0.542. The number of benzene rings is 1. The summed E-state index contributed by atoms with van der Waals surface area (Å²) >= 11 is 3.49. The lowest BCUT2D eigenvalue weighted by Gasteiger charge is -2.05. The molecule has 88 valence electrons. The van der Waals surface area contributed by atoms with Crippen LogP contribution in [0.1, 0.15) is 37.8 Å². The number of hydrogen-bond donors (Lipinski definition) is 0. The van der Waals surface area contributed by atoms with Crippen LogP contribution in [0.2, 0.25) is 0 Å². The number of Topliss-reactive ketones (excluding diaryl/α,β-unsaturated/α-hetero) is 1. The van der Waals surface area contributed by atoms with E-state index in [1.165, 1.54) is 11.1 Å². The molecular weight excluding hydrogens is 264 g/mol. The maximum absolute atomic E-state index is 11.4. The Kier molecular flexibility index (Phi) is 5.20. The van der Waals surface area contributed by atoms with Gasteiger partial charge in [-0.25, -0.2) is 0 Å². The van der Waals surface area contributed by atoms with Gasteiger partial charge in [-0.2, -0.15) is 0 Å². The largest absolute Gasteiger partial charge is 0.299 e. The molecule has 0 atom stereocenters. The monoisotopic (exact) mass is 282 g/mol. The lowest BCUT2D eigenvalue weighted by Crippen LogP contribution is -2.06. The van der Waals surface area contributed by atoms with E-state index in [1.54, 1.807) is 0 Å². The van der Waals surface area contributed by atoms with Crippen molar-refractivity contribution in [2.75, 3.05) is 0 Å². The number of aryl methyl sites for hydroxylation is 2. The molecule has 0 spiro atoms. The van der Waals surface area contributed by atoms with Crippen molar-refractivity contribution in [3.63, 3.8) is 0 Å². The molecule has 0 bridgehead atoms. The number of carbonyl (C=O) groups excluding carboxylic acids is 1. The molecule has 0 N–H and O–H groups in total. The number of carbonyl (C=O) groups is 1. The molecule has 16 heavy (non-hydrogen) atoms. The minimum Gasteiger partial charge on any atom is -0.299 e. The van der Waals surface area contributed by atoms with E-state index >= 15 is 0 Å². The Balaban J connectivity index is 2.43. The van der Waals surface area contributed by atoms with Crippen LogP contribution in [0.3, 0.4) is 0 Å². The van der Waals surface area contributed by atoms with Crippen LogP contribution in [0.15, 0.2) is 22.7 Å². The zero-order chi connectivity index (χ0) is 12.1. The molecule has 0 heterocycles. The zero-order valence-electron chi connectivity index (χ0n) is 10.2. The Labute approximate surface area is 106 Å². The van der Waals surface area contributed by atoms with Crippen molar-refractivity contribution in [3.05, 3.63) is 33.8 Å². The van der Waals surface area contributed by atoms with Crippen molar-refractivity contribution < 1.29 is 4.79 Å². The molecular formula is C14H19BrO. The average molecular weight is 283 g/mol. The second-order valence-corrected chi connectivity index (χ2v) is 5.41. The van der Waals surface area contributed by atoms with E-state index in [0.29, 0.717) is 12.2 Å². The number of rotatable bonds is 5. The van der Waals surface area contributed by atoms with Crippen molar-refractivity contribution in [3.8, 4) is 0 Å². The molecule has 0 aliphatic carbocycles. The van der Waals surface area contributed by atoms with Gasteiger partial charge in [0.05, 0.1) is 0 Å². The highest BCUT2D eigenvalue weighted by Crippen LogP contribution is 2.18. The van der Waals surface area contributed by atoms with Gasteiger partial charge in [-0.3, -0.25) is 4.79 Å². The SMILES string of the molecule is Cc1cc(CCCC(=O)C(C)C)ccc1Br. The molecule has 0 saturated heterocycles. The van der Waals surface area contributed by atoms with Crippen molar-refractivity contribution >= 4 is 21.7 Å². The van der Waals surface area contributed by atoms with Crippen LogP contribution < -0.4 is 0 Å². The highest BCUT2D eigenvalue weighted by molar-refractivity contribution is 9.10. The van der Waals surface area contributed by atoms with Crippen LogP contribution in [-0.4, -0.2) is 5.78 Å². The summed E-state index contributed by atoms with van der Waals surface area (Å²) in [6.45, 7) is 6.02. The molecule has 0 unspecified atom stereocenters. The molecule has 2 heteroatoms. The Morgan fingerprint density at radius 2 is 2.06 bits per heavy atom. The van der Waals surface area contributed by atoms with Gasteiger partial charge in [0.25, 0.3) is 0 Å². The van der Waals surface area contributed by atoms with Gasteiger partial charge < -0.3 is 0 Å². The third-order valence-electron chi connectivity index (χ3n) is 2.75. The van der Waals surface area contributed by atoms with E-state index in [2.05, 4.69) is 41.1 Å². The van der Waals surface area contributed by atoms with Crippen LogP contribution in [0.5, 0.6) is 0 Å². The van der Waals surface area contributed by atoms with Crippen LogP contribution in [0.25, 0.3) is 0 Å². The topological polar surface area (TPSA) is 17.1 Å². The van der Waals surface area contributed by atoms with Gasteiger partial charge in [0.1, 0.15) is 5.78 Å². The summed E-state index contributed by atoms with van der Waals surface area (Å²) in [5.41, 5.74) is 2.57. The number of halogens is 1. The van der Waals surface area contributed by atoms with Gasteiger partial charge in [-0.1, -0.05) is 41.9 Å². The van der Waals surface area contributed by atoms with Crippen LogP contribution in [0, 0.1) is 12.8 Å². The highest BCUT2D eigenvalue weighted by atomic mass is 79.9. The Hall–Kier alpha value is -0.630. The van der Waals surface area contributed by atoms with E-state index in [-0.39, 0.29) is 5.92 Å². The van der Waals surface area contributed by atoms with Crippen LogP contribution in [0.4, 0.5) is 0 Å². The lowest BCUT2D eigenvalue weighted by molar-refractivity contribution is -0.121. The van der Waals surface area contributed by atoms with E-state index < -0.39 is 0 Å². The van der Waals surface area contributed by atoms with Gasteiger partial charge >= 0.3 is 0 Å². The summed E-state index contributed by atoms with van der Waals surface area (Å²) in [5, 5.41) is 0. The maximum Gasteiger partial charge on any atom is 0.135 e. The van der Waals surface area contributed by atoms with Crippen molar-refractivity contribution in [2.24, 2.45) is 5.92 Å². The molecule has 0 amide bonds. The van der Waals surface area contributed by atoms with Gasteiger partial charge in [-0.05, 0) is 37.0 Å². The van der Waals surface area contributed by atoms with Gasteiger partial charge in [0, 0.05) is 16.8 Å². The predicted octanol–water partition coefficient (Wildman–Crippen LogP) is 4.31. The molecule has 0 aliphatic heterocycles. The summed E-state index contributed by atoms with van der Waals surface area (Å²) < 4.78 is 1.15. The fourth-order valence-corrected chi connectivity index (χ4v) is 1.86. The van der Waals surface area contributed by atoms with Gasteiger partial charge in [0.15, 0.2) is 0 Å². The predicted molar refractivity (Wildman–Crippen MR) is 71.7 cm³/mol. The third-order valence-corrected chi connectivity index (χ3v) is 3.64. The molecule has 0 aliphatic rings. The first-order valence-corrected chi connectivity index (χ1v) is 6.57. The average Bonchev–Trinajstić information content (AvgIpc) is 2.23. The van der Waals surface area contributed by atoms with Crippen molar-refractivity contribution in [1.82, 2.24) is 0 Å². The molecule has 0 radical (unpaired) electrons. The molecule has 0 fully saturated rings. The van der Waals surface area contributed by atoms with E-state index in [9.17, 15) is 4.79 Å². The van der Waals surface area contributed by atoms with E-state index in [1.807, 2.05) is 13.8 Å². The standard InChI is InChI=1S/C14H19BrO/c1-10(2)14(16)6-4-5-12-7-8-13(15)11(3)9-12/h7-10H,4-6H2,1-3H3. The first-order chi connectivity index (χ1) is 7.50. The zero-order valence-corrected chi connectivity index (χ0v) is 11.8. The van der Waals surface area contributed by atoms with Gasteiger partial charge in [-0.15, -0.1) is 0 Å². The molecule has 1 nitrogen and oxygen atoms in total. The summed E-state index contributed by atoms with van der Waals surface area (Å²) in [6, 6.07) is 6.38. The lowest BCUT2D eigenvalue weighted by atomic mass is 10.0. The van der Waals surface area contributed by atoms with Crippen LogP contribution >= 0.6 is 15.9 Å². The quantitative estimate of drug-likeness (QED) is 0.787. The molecule has 1 aromatic rings. The Morgan fingerprint density at radius 1 is 1.38 bits per heavy atom. The second-order valence-electron chi connectivity index (χ2n) is 4.56. The van der Waals surface area contributed by atoms with Crippen molar-refractivity contribution in [1.29, 1.82) is 0 Å². The van der Waals surface area contributed by atoms with E-state index in [0.717, 1.165) is 17.3 Å². The fraction of sp³-hybridized carbons (Fsp3) is 0.500. The molecule has 0 aromatic heterocycles. The minimum atomic E-state index is 0.173. The van der Waals surface area contributed by atoms with Crippen molar-refractivity contribution in [2.45, 2.75) is 40.0 Å². The molecule has 0 saturated carbocycles. The first-order valence-electron chi connectivity index (χ1n) is 5.78. The maximum atomic E-state index is 11.4. The van der Waals surface area contributed by atoms with Gasteiger partial charge in [0.2, 0.25) is 0 Å². The normalized spacial score (nSPS) is 10.8.